The molecule has 8 nitrogen and oxygen atoms in total. The van der Waals surface area contributed by atoms with Crippen molar-refractivity contribution in [2.45, 2.75) is 88.1 Å². The van der Waals surface area contributed by atoms with E-state index in [1.807, 2.05) is 24.3 Å². The van der Waals surface area contributed by atoms with Crippen LogP contribution in [0.1, 0.15) is 113 Å². The Morgan fingerprint density at radius 1 is 0.722 bits per heavy atom. The molecule has 0 radical (unpaired) electrons. The lowest BCUT2D eigenvalue weighted by atomic mass is 9.69. The zero-order valence-corrected chi connectivity index (χ0v) is 31.0. The van der Waals surface area contributed by atoms with E-state index in [2.05, 4.69) is 70.5 Å². The summed E-state index contributed by atoms with van der Waals surface area (Å²) in [7, 11) is 0. The first-order valence-corrected chi connectivity index (χ1v) is 20.2. The Labute approximate surface area is 318 Å². The standard InChI is InChI=1S/C46H50N4O4/c51-36-15-18-39-35(26-36)14-17-38(33-4-2-1-3-5-33)45(39)34-12-10-32(11-13-34)31-8-6-30(7-9-31)28-48-22-24-49(25-23-48)44-21-19-40-41(47-44)29-50(46(40)54)42-20-16-37(52)27-43(42)53/h1-5,10-13,15,18-19,21,26,30-31,38,42,45,51H,6-9,14,16-17,20,22-25,27-29H2/t30?,31?,38-,42?,45+/m1/s1. The maximum Gasteiger partial charge on any atom is 0.256 e. The number of benzene rings is 3. The number of phenols is 1. The van der Waals surface area contributed by atoms with Gasteiger partial charge in [-0.05, 0) is 115 Å². The fourth-order valence-electron chi connectivity index (χ4n) is 10.3. The van der Waals surface area contributed by atoms with Crippen molar-refractivity contribution in [2.75, 3.05) is 37.6 Å². The zero-order chi connectivity index (χ0) is 36.8. The molecule has 4 aromatic rings. The average molecular weight is 723 g/mol. The SMILES string of the molecule is O=C1CCC(N2Cc3nc(N4CCN(CC5CCC(c6ccc([C@@H]7c8ccc(O)cc8CC[C@@H]7c7ccccc7)cc6)CC5)CC4)ccc3C2=O)C(=O)C1. The van der Waals surface area contributed by atoms with E-state index in [0.717, 1.165) is 63.0 Å². The quantitative estimate of drug-likeness (QED) is 0.199. The summed E-state index contributed by atoms with van der Waals surface area (Å²) in [5.41, 5.74) is 8.18. The van der Waals surface area contributed by atoms with Crippen LogP contribution < -0.4 is 4.90 Å². The van der Waals surface area contributed by atoms with Crippen LogP contribution in [0, 0.1) is 5.92 Å². The predicted molar refractivity (Wildman–Crippen MR) is 209 cm³/mol. The number of fused-ring (bicyclic) bond motifs is 2. The van der Waals surface area contributed by atoms with E-state index in [1.54, 1.807) is 4.90 Å². The van der Waals surface area contributed by atoms with Gasteiger partial charge in [-0.2, -0.15) is 0 Å². The number of ketones is 2. The van der Waals surface area contributed by atoms with E-state index in [9.17, 15) is 19.5 Å². The molecule has 1 unspecified atom stereocenters. The topological polar surface area (TPSA) is 94.1 Å². The number of phenolic OH excluding ortho intramolecular Hbond substituents is 1. The summed E-state index contributed by atoms with van der Waals surface area (Å²) >= 11 is 0. The molecular weight excluding hydrogens is 673 g/mol. The number of aromatic nitrogens is 1. The van der Waals surface area contributed by atoms with Gasteiger partial charge in [0.25, 0.3) is 5.91 Å². The Balaban J connectivity index is 0.780. The van der Waals surface area contributed by atoms with Gasteiger partial charge in [-0.1, -0.05) is 60.7 Å². The number of anilines is 1. The van der Waals surface area contributed by atoms with E-state index >= 15 is 0 Å². The number of carbonyl (C=O) groups is 3. The highest BCUT2D eigenvalue weighted by Gasteiger charge is 2.40. The van der Waals surface area contributed by atoms with Crippen molar-refractivity contribution in [1.29, 1.82) is 0 Å². The van der Waals surface area contributed by atoms with Crippen LogP contribution in [0.2, 0.25) is 0 Å². The molecule has 5 aliphatic rings. The van der Waals surface area contributed by atoms with Crippen molar-refractivity contribution in [3.8, 4) is 5.75 Å². The lowest BCUT2D eigenvalue weighted by Gasteiger charge is -2.38. The number of carbonyl (C=O) groups excluding carboxylic acids is 3. The number of pyridine rings is 1. The summed E-state index contributed by atoms with van der Waals surface area (Å²) in [5, 5.41) is 10.2. The van der Waals surface area contributed by atoms with Crippen LogP contribution >= 0.6 is 0 Å². The number of nitrogens with zero attached hydrogens (tertiary/aromatic N) is 4. The van der Waals surface area contributed by atoms with Gasteiger partial charge < -0.3 is 14.9 Å². The molecule has 0 bridgehead atoms. The molecule has 3 fully saturated rings. The maximum absolute atomic E-state index is 13.1. The number of hydrogen-bond acceptors (Lipinski definition) is 7. The molecule has 3 heterocycles. The lowest BCUT2D eigenvalue weighted by Crippen LogP contribution is -2.48. The monoisotopic (exact) mass is 722 g/mol. The van der Waals surface area contributed by atoms with Crippen LogP contribution in [0.15, 0.2) is 84.9 Å². The molecule has 278 valence electrons. The first kappa shape index (κ1) is 34.9. The minimum absolute atomic E-state index is 0.0303. The molecule has 2 aliphatic heterocycles. The Morgan fingerprint density at radius 3 is 2.24 bits per heavy atom. The average Bonchev–Trinajstić information content (AvgIpc) is 3.53. The van der Waals surface area contributed by atoms with Crippen molar-refractivity contribution in [3.05, 3.63) is 124 Å². The number of aromatic hydroxyl groups is 1. The van der Waals surface area contributed by atoms with Crippen LogP contribution in [-0.4, -0.2) is 76.1 Å². The number of piperazine rings is 1. The van der Waals surface area contributed by atoms with Gasteiger partial charge in [0.15, 0.2) is 5.78 Å². The van der Waals surface area contributed by atoms with Gasteiger partial charge in [0, 0.05) is 45.1 Å². The first-order chi connectivity index (χ1) is 26.4. The summed E-state index contributed by atoms with van der Waals surface area (Å²) in [5.74, 6) is 2.98. The van der Waals surface area contributed by atoms with Crippen LogP contribution in [0.25, 0.3) is 0 Å². The second-order valence-corrected chi connectivity index (χ2v) is 16.4. The summed E-state index contributed by atoms with van der Waals surface area (Å²) < 4.78 is 0. The highest BCUT2D eigenvalue weighted by Crippen LogP contribution is 2.47. The number of hydrogen-bond donors (Lipinski definition) is 1. The van der Waals surface area contributed by atoms with E-state index in [0.29, 0.717) is 42.5 Å². The molecule has 3 atom stereocenters. The second-order valence-electron chi connectivity index (χ2n) is 16.4. The van der Waals surface area contributed by atoms with Crippen LogP contribution in [0.3, 0.4) is 0 Å². The van der Waals surface area contributed by atoms with E-state index in [1.165, 1.54) is 53.5 Å². The highest BCUT2D eigenvalue weighted by atomic mass is 16.3. The first-order valence-electron chi connectivity index (χ1n) is 20.2. The van der Waals surface area contributed by atoms with E-state index < -0.39 is 6.04 Å². The number of rotatable bonds is 7. The minimum Gasteiger partial charge on any atom is -0.508 e. The zero-order valence-electron chi connectivity index (χ0n) is 31.0. The molecule has 1 N–H and O–H groups in total. The molecule has 1 saturated heterocycles. The molecule has 2 saturated carbocycles. The molecule has 54 heavy (non-hydrogen) atoms. The second kappa shape index (κ2) is 14.8. The summed E-state index contributed by atoms with van der Waals surface area (Å²) in [6.45, 7) is 5.32. The third kappa shape index (κ3) is 6.85. The van der Waals surface area contributed by atoms with E-state index in [4.69, 9.17) is 4.98 Å². The number of aryl methyl sites for hydroxylation is 1. The molecule has 3 aliphatic carbocycles. The maximum atomic E-state index is 13.1. The lowest BCUT2D eigenvalue weighted by molar-refractivity contribution is -0.133. The van der Waals surface area contributed by atoms with Gasteiger partial charge in [-0.3, -0.25) is 19.3 Å². The summed E-state index contributed by atoms with van der Waals surface area (Å²) in [6.07, 6.45) is 7.77. The molecule has 9 rings (SSSR count). The normalized spacial score (nSPS) is 26.1. The summed E-state index contributed by atoms with van der Waals surface area (Å²) in [4.78, 5) is 48.9. The molecule has 8 heteroatoms. The Bertz CT molecular complexity index is 2030. The van der Waals surface area contributed by atoms with Crippen LogP contribution in [0.4, 0.5) is 5.82 Å². The van der Waals surface area contributed by atoms with Crippen molar-refractivity contribution in [3.63, 3.8) is 0 Å². The Kier molecular flexibility index (Phi) is 9.56. The fraction of sp³-hybridized carbons (Fsp3) is 0.435. The van der Waals surface area contributed by atoms with Crippen LogP contribution in [-0.2, 0) is 22.6 Å². The molecule has 0 spiro atoms. The smallest absolute Gasteiger partial charge is 0.256 e. The largest absolute Gasteiger partial charge is 0.508 e. The van der Waals surface area contributed by atoms with Gasteiger partial charge in [-0.25, -0.2) is 4.98 Å². The van der Waals surface area contributed by atoms with E-state index in [-0.39, 0.29) is 29.8 Å². The van der Waals surface area contributed by atoms with Crippen molar-refractivity contribution < 1.29 is 19.5 Å². The Hall–Kier alpha value is -4.82. The molecule has 1 aromatic heterocycles. The van der Waals surface area contributed by atoms with Crippen molar-refractivity contribution in [2.24, 2.45) is 5.92 Å². The van der Waals surface area contributed by atoms with Crippen LogP contribution in [0.5, 0.6) is 5.75 Å². The fourth-order valence-corrected chi connectivity index (χ4v) is 10.3. The predicted octanol–water partition coefficient (Wildman–Crippen LogP) is 7.39. The Morgan fingerprint density at radius 2 is 1.48 bits per heavy atom. The highest BCUT2D eigenvalue weighted by molar-refractivity contribution is 6.07. The van der Waals surface area contributed by atoms with Gasteiger partial charge in [-0.15, -0.1) is 0 Å². The van der Waals surface area contributed by atoms with Crippen molar-refractivity contribution in [1.82, 2.24) is 14.8 Å². The third-order valence-electron chi connectivity index (χ3n) is 13.2. The molecule has 3 aromatic carbocycles. The summed E-state index contributed by atoms with van der Waals surface area (Å²) in [6, 6.07) is 29.8. The van der Waals surface area contributed by atoms with Crippen molar-refractivity contribution >= 4 is 23.3 Å². The minimum atomic E-state index is -0.511. The van der Waals surface area contributed by atoms with Gasteiger partial charge in [0.1, 0.15) is 17.4 Å². The number of amides is 1. The van der Waals surface area contributed by atoms with Gasteiger partial charge >= 0.3 is 0 Å². The molecule has 1 amide bonds. The number of Topliss-reactive ketones (excluding diaryl/α,β-unsaturated/α-hetero) is 2. The van der Waals surface area contributed by atoms with Gasteiger partial charge in [0.2, 0.25) is 0 Å². The molecular formula is C46H50N4O4. The van der Waals surface area contributed by atoms with Gasteiger partial charge in [0.05, 0.1) is 30.3 Å². The third-order valence-corrected chi connectivity index (χ3v) is 13.2.